The van der Waals surface area contributed by atoms with Crippen molar-refractivity contribution >= 4 is 20.3 Å². The molecule has 2 aromatic carbocycles. The standard InChI is InChI=1S/C35H52N6O.2BF4.Cu/c1-32(21-36(3)17-18-37(4)22-32)40-25-34(29-13-9-7-10-14-29)27-41(33(2)23-38(5)19-20-39(6)24-33)28-35(26-40,31(34)42)30-15-11-8-12-16-30;2*2-1(3,4)5;/h7-16H,17-28H2,1-6H3;;;/q;2*-1;+2. The fourth-order valence-corrected chi connectivity index (χ4v) is 8.99. The molecule has 4 fully saturated rings. The molecule has 2 bridgehead atoms. The van der Waals surface area contributed by atoms with Crippen LogP contribution in [0.2, 0.25) is 0 Å². The van der Waals surface area contributed by atoms with Crippen molar-refractivity contribution in [3.63, 3.8) is 0 Å². The number of hydrogen-bond donors (Lipinski definition) is 0. The van der Waals surface area contributed by atoms with Crippen molar-refractivity contribution < 1.29 is 56.4 Å². The molecular weight excluding hydrogens is 758 g/mol. The quantitative estimate of drug-likeness (QED) is 0.321. The molecule has 4 heterocycles. The number of fused-ring (bicyclic) bond motifs is 2. The van der Waals surface area contributed by atoms with E-state index >= 15 is 4.79 Å². The van der Waals surface area contributed by atoms with E-state index in [4.69, 9.17) is 0 Å². The molecule has 4 aliphatic heterocycles. The number of piperidine rings is 2. The summed E-state index contributed by atoms with van der Waals surface area (Å²) in [7, 11) is -2.96. The molecule has 0 amide bonds. The second-order valence-corrected chi connectivity index (χ2v) is 15.9. The van der Waals surface area contributed by atoms with E-state index in [-0.39, 0.29) is 28.1 Å². The molecule has 0 saturated carbocycles. The molecule has 7 nitrogen and oxygen atoms in total. The third-order valence-corrected chi connectivity index (χ3v) is 11.1. The summed E-state index contributed by atoms with van der Waals surface area (Å²) >= 11 is 0. The van der Waals surface area contributed by atoms with Crippen molar-refractivity contribution in [1.82, 2.24) is 29.4 Å². The molecule has 4 aliphatic rings. The smallest absolute Gasteiger partial charge is 0.418 e. The number of Topliss-reactive ketones (excluding diaryl/α,β-unsaturated/α-hetero) is 1. The Hall–Kier alpha value is -2.04. The van der Waals surface area contributed by atoms with Crippen LogP contribution in [0, 0.1) is 0 Å². The Labute approximate surface area is 319 Å². The van der Waals surface area contributed by atoms with Crippen LogP contribution in [-0.4, -0.2) is 167 Å². The van der Waals surface area contributed by atoms with E-state index in [1.54, 1.807) is 0 Å². The van der Waals surface area contributed by atoms with E-state index in [2.05, 4.69) is 132 Å². The number of benzene rings is 2. The normalized spacial score (nSPS) is 27.9. The second-order valence-electron chi connectivity index (χ2n) is 15.9. The summed E-state index contributed by atoms with van der Waals surface area (Å²) in [6, 6.07) is 21.6. The molecule has 53 heavy (non-hydrogen) atoms. The van der Waals surface area contributed by atoms with Gasteiger partial charge < -0.3 is 54.1 Å². The Morgan fingerprint density at radius 1 is 0.472 bits per heavy atom. The summed E-state index contributed by atoms with van der Waals surface area (Å²) in [5.74, 6) is 0.415. The maximum absolute atomic E-state index is 15.4. The Morgan fingerprint density at radius 2 is 0.698 bits per heavy atom. The molecular formula is C35H52B2CuF8N6O. The van der Waals surface area contributed by atoms with Crippen LogP contribution < -0.4 is 0 Å². The van der Waals surface area contributed by atoms with Crippen LogP contribution in [-0.2, 0) is 32.7 Å². The minimum Gasteiger partial charge on any atom is -0.418 e. The van der Waals surface area contributed by atoms with Crippen molar-refractivity contribution in [2.45, 2.75) is 35.8 Å². The zero-order valence-corrected chi connectivity index (χ0v) is 32.3. The molecule has 0 aliphatic carbocycles. The van der Waals surface area contributed by atoms with Gasteiger partial charge in [0.25, 0.3) is 0 Å². The average molecular weight is 810 g/mol. The van der Waals surface area contributed by atoms with E-state index in [1.807, 2.05) is 0 Å². The van der Waals surface area contributed by atoms with Gasteiger partial charge in [0.05, 0.1) is 10.8 Å². The number of nitrogens with zero attached hydrogens (tertiary/aromatic N) is 6. The minimum atomic E-state index is -6.00. The maximum Gasteiger partial charge on any atom is 2.00 e. The van der Waals surface area contributed by atoms with Gasteiger partial charge in [-0.15, -0.1) is 0 Å². The van der Waals surface area contributed by atoms with Crippen LogP contribution in [0.4, 0.5) is 34.5 Å². The van der Waals surface area contributed by atoms with E-state index in [0.717, 1.165) is 78.5 Å². The molecule has 4 saturated heterocycles. The second kappa shape index (κ2) is 17.4. The molecule has 0 unspecified atom stereocenters. The predicted octanol–water partition coefficient (Wildman–Crippen LogP) is 4.93. The van der Waals surface area contributed by atoms with E-state index < -0.39 is 25.3 Å². The monoisotopic (exact) mass is 809 g/mol. The van der Waals surface area contributed by atoms with Gasteiger partial charge in [0.15, 0.2) is 5.78 Å². The summed E-state index contributed by atoms with van der Waals surface area (Å²) in [6.45, 7) is 16.2. The Balaban J connectivity index is 0.000000610. The molecule has 0 spiro atoms. The number of carbonyl (C=O) groups is 1. The molecule has 6 rings (SSSR count). The number of hydrogen-bond acceptors (Lipinski definition) is 7. The molecule has 0 N–H and O–H groups in total. The zero-order chi connectivity index (χ0) is 38.8. The number of ketones is 1. The molecule has 301 valence electrons. The van der Waals surface area contributed by atoms with Crippen LogP contribution >= 0.6 is 0 Å². The van der Waals surface area contributed by atoms with Crippen molar-refractivity contribution in [2.75, 3.05) is 107 Å². The first-order valence-corrected chi connectivity index (χ1v) is 17.6. The van der Waals surface area contributed by atoms with Crippen molar-refractivity contribution in [2.24, 2.45) is 0 Å². The predicted molar refractivity (Wildman–Crippen MR) is 192 cm³/mol. The molecule has 0 atom stereocenters. The summed E-state index contributed by atoms with van der Waals surface area (Å²) in [5.41, 5.74) is 0.953. The van der Waals surface area contributed by atoms with E-state index in [1.165, 1.54) is 11.1 Å². The van der Waals surface area contributed by atoms with Gasteiger partial charge in [-0.1, -0.05) is 60.7 Å². The third kappa shape index (κ3) is 11.5. The van der Waals surface area contributed by atoms with Crippen LogP contribution in [0.25, 0.3) is 0 Å². The van der Waals surface area contributed by atoms with Crippen LogP contribution in [0.15, 0.2) is 60.7 Å². The molecule has 0 aromatic heterocycles. The van der Waals surface area contributed by atoms with Gasteiger partial charge in [-0.3, -0.25) is 14.6 Å². The van der Waals surface area contributed by atoms with Crippen LogP contribution in [0.1, 0.15) is 25.0 Å². The van der Waals surface area contributed by atoms with E-state index in [0.29, 0.717) is 5.78 Å². The fraction of sp³-hybridized carbons (Fsp3) is 0.629. The van der Waals surface area contributed by atoms with Gasteiger partial charge in [-0.2, -0.15) is 0 Å². The first kappa shape index (κ1) is 45.3. The first-order chi connectivity index (χ1) is 24.0. The first-order valence-electron chi connectivity index (χ1n) is 17.6. The largest absolute Gasteiger partial charge is 2.00 e. The molecule has 2 aromatic rings. The summed E-state index contributed by atoms with van der Waals surface area (Å²) in [6.07, 6.45) is 0. The van der Waals surface area contributed by atoms with Gasteiger partial charge in [0.1, 0.15) is 0 Å². The molecule has 1 radical (unpaired) electrons. The Morgan fingerprint density at radius 3 is 0.925 bits per heavy atom. The number of halogens is 8. The maximum atomic E-state index is 15.4. The number of carbonyl (C=O) groups excluding carboxylic acids is 1. The van der Waals surface area contributed by atoms with Crippen molar-refractivity contribution in [3.05, 3.63) is 71.8 Å². The van der Waals surface area contributed by atoms with E-state index in [9.17, 15) is 34.5 Å². The van der Waals surface area contributed by atoms with Gasteiger partial charge in [0.2, 0.25) is 0 Å². The average Bonchev–Trinajstić information content (AvgIpc) is 3.25. The Bertz CT molecular complexity index is 1320. The van der Waals surface area contributed by atoms with Crippen LogP contribution in [0.3, 0.4) is 0 Å². The number of rotatable bonds is 4. The summed E-state index contributed by atoms with van der Waals surface area (Å²) < 4.78 is 78.0. The van der Waals surface area contributed by atoms with Gasteiger partial charge in [-0.05, 0) is 53.2 Å². The van der Waals surface area contributed by atoms with Gasteiger partial charge in [0, 0.05) is 89.6 Å². The third-order valence-electron chi connectivity index (χ3n) is 11.1. The Kier molecular flexibility index (Phi) is 14.9. The van der Waals surface area contributed by atoms with Crippen molar-refractivity contribution in [1.29, 1.82) is 0 Å². The molecule has 18 heteroatoms. The van der Waals surface area contributed by atoms with Gasteiger partial charge in [-0.25, -0.2) is 0 Å². The summed E-state index contributed by atoms with van der Waals surface area (Å²) in [5, 5.41) is 0. The topological polar surface area (TPSA) is 36.5 Å². The summed E-state index contributed by atoms with van der Waals surface area (Å²) in [4.78, 5) is 30.8. The zero-order valence-electron chi connectivity index (χ0n) is 31.3. The minimum absolute atomic E-state index is 0. The van der Waals surface area contributed by atoms with Gasteiger partial charge >= 0.3 is 31.6 Å². The fourth-order valence-electron chi connectivity index (χ4n) is 8.99. The number of likely N-dealkylation sites (tertiary alicyclic amines) is 2. The van der Waals surface area contributed by atoms with Crippen LogP contribution in [0.5, 0.6) is 0 Å². The number of likely N-dealkylation sites (N-methyl/N-ethyl adjacent to an activating group) is 4. The SMILES string of the molecule is CN1CCN(C)CC(C)(N2CC3(c4ccccc4)CN(C4(C)CN(C)CCN(C)C4)CC(c4ccccc4)(C2)C3=O)C1.F[B-](F)(F)F.F[B-](F)(F)F.[Cu+2]. The van der Waals surface area contributed by atoms with Crippen molar-refractivity contribution in [3.8, 4) is 0 Å².